The first-order valence-electron chi connectivity index (χ1n) is 4.11. The van der Waals surface area contributed by atoms with Crippen LogP contribution in [0.15, 0.2) is 6.20 Å². The second-order valence-electron chi connectivity index (χ2n) is 2.88. The van der Waals surface area contributed by atoms with Crippen LogP contribution in [0.2, 0.25) is 0 Å². The molecule has 14 heavy (non-hydrogen) atoms. The van der Waals surface area contributed by atoms with Crippen molar-refractivity contribution >= 4 is 0 Å². The smallest absolute Gasteiger partial charge is 0.265 e. The maximum Gasteiger partial charge on any atom is 0.265 e. The van der Waals surface area contributed by atoms with Gasteiger partial charge in [0.05, 0.1) is 11.9 Å². The number of aryl methyl sites for hydroxylation is 1. The van der Waals surface area contributed by atoms with Crippen LogP contribution in [0.25, 0.3) is 0 Å². The molecular weight excluding hydrogens is 194 g/mol. The Kier molecular flexibility index (Phi) is 3.90. The molecule has 0 amide bonds. The number of alkyl halides is 2. The Balaban J connectivity index is 2.25. The second kappa shape index (κ2) is 4.97. The molecule has 0 radical (unpaired) electrons. The van der Waals surface area contributed by atoms with Crippen LogP contribution in [0.1, 0.15) is 5.69 Å². The summed E-state index contributed by atoms with van der Waals surface area (Å²) in [6.45, 7) is 0.204. The van der Waals surface area contributed by atoms with E-state index in [9.17, 15) is 8.78 Å². The zero-order valence-corrected chi connectivity index (χ0v) is 7.69. The Morgan fingerprint density at radius 3 is 2.86 bits per heavy atom. The number of hydrogen-bond donors (Lipinski definition) is 2. The predicted octanol–water partition coefficient (Wildman–Crippen LogP) is -0.469. The van der Waals surface area contributed by atoms with Crippen molar-refractivity contribution in [3.63, 3.8) is 0 Å². The third kappa shape index (κ3) is 3.00. The fraction of sp³-hybridized carbons (Fsp3) is 0.714. The largest absolute Gasteiger partial charge is 0.386 e. The number of aliphatic hydroxyl groups is 1. The number of halogens is 2. The summed E-state index contributed by atoms with van der Waals surface area (Å²) in [7, 11) is 1.70. The lowest BCUT2D eigenvalue weighted by atomic mass is 10.3. The Morgan fingerprint density at radius 1 is 1.64 bits per heavy atom. The minimum Gasteiger partial charge on any atom is -0.386 e. The van der Waals surface area contributed by atoms with Crippen molar-refractivity contribution in [2.45, 2.75) is 19.1 Å². The van der Waals surface area contributed by atoms with Crippen molar-refractivity contribution in [1.29, 1.82) is 0 Å². The molecule has 80 valence electrons. The summed E-state index contributed by atoms with van der Waals surface area (Å²) in [6.07, 6.45) is -2.81. The van der Waals surface area contributed by atoms with Gasteiger partial charge >= 0.3 is 0 Å². The summed E-state index contributed by atoms with van der Waals surface area (Å²) in [5.74, 6) is 0. The molecule has 0 aliphatic heterocycles. The van der Waals surface area contributed by atoms with Gasteiger partial charge in [-0.3, -0.25) is 4.68 Å². The summed E-state index contributed by atoms with van der Waals surface area (Å²) in [6, 6.07) is 0. The van der Waals surface area contributed by atoms with Crippen molar-refractivity contribution < 1.29 is 13.9 Å². The zero-order valence-electron chi connectivity index (χ0n) is 7.69. The predicted molar refractivity (Wildman–Crippen MR) is 44.7 cm³/mol. The summed E-state index contributed by atoms with van der Waals surface area (Å²) in [5.41, 5.74) is 0.770. The topological polar surface area (TPSA) is 63.0 Å². The van der Waals surface area contributed by atoms with E-state index in [0.717, 1.165) is 5.69 Å². The highest BCUT2D eigenvalue weighted by Crippen LogP contribution is 1.99. The van der Waals surface area contributed by atoms with Crippen LogP contribution in [0.5, 0.6) is 0 Å². The van der Waals surface area contributed by atoms with Gasteiger partial charge in [-0.2, -0.15) is 0 Å². The first-order valence-corrected chi connectivity index (χ1v) is 4.11. The van der Waals surface area contributed by atoms with E-state index in [0.29, 0.717) is 6.54 Å². The van der Waals surface area contributed by atoms with Gasteiger partial charge in [-0.1, -0.05) is 5.21 Å². The minimum atomic E-state index is -2.72. The molecule has 1 rings (SSSR count). The van der Waals surface area contributed by atoms with E-state index in [4.69, 9.17) is 5.11 Å². The summed E-state index contributed by atoms with van der Waals surface area (Å²) in [4.78, 5) is 0. The van der Waals surface area contributed by atoms with Gasteiger partial charge in [0, 0.05) is 20.1 Å². The molecule has 0 saturated heterocycles. The Labute approximate surface area is 79.7 Å². The van der Waals surface area contributed by atoms with Gasteiger partial charge in [0.25, 0.3) is 6.43 Å². The lowest BCUT2D eigenvalue weighted by Crippen LogP contribution is -2.32. The van der Waals surface area contributed by atoms with Crippen LogP contribution >= 0.6 is 0 Å². The van der Waals surface area contributed by atoms with Gasteiger partial charge in [0.1, 0.15) is 6.10 Å². The molecule has 1 heterocycles. The normalized spacial score (nSPS) is 13.5. The third-order valence-corrected chi connectivity index (χ3v) is 1.76. The zero-order chi connectivity index (χ0) is 10.6. The van der Waals surface area contributed by atoms with Crippen molar-refractivity contribution in [3.05, 3.63) is 11.9 Å². The van der Waals surface area contributed by atoms with Crippen LogP contribution in [-0.4, -0.2) is 39.2 Å². The van der Waals surface area contributed by atoms with E-state index >= 15 is 0 Å². The van der Waals surface area contributed by atoms with E-state index in [-0.39, 0.29) is 6.54 Å². The molecule has 0 aromatic carbocycles. The molecule has 1 aromatic heterocycles. The highest BCUT2D eigenvalue weighted by molar-refractivity contribution is 4.92. The minimum absolute atomic E-state index is 0.150. The summed E-state index contributed by atoms with van der Waals surface area (Å²) in [5, 5.41) is 18.7. The van der Waals surface area contributed by atoms with Crippen molar-refractivity contribution in [2.24, 2.45) is 7.05 Å². The highest BCUT2D eigenvalue weighted by atomic mass is 19.3. The number of nitrogens with zero attached hydrogens (tertiary/aromatic N) is 3. The fourth-order valence-electron chi connectivity index (χ4n) is 0.908. The standard InChI is InChI=1S/C7H12F2N4O/c1-13-5(3-11-12-13)2-10-4-6(14)7(8)9/h3,6-7,10,14H,2,4H2,1H3. The highest BCUT2D eigenvalue weighted by Gasteiger charge is 2.15. The van der Waals surface area contributed by atoms with Crippen molar-refractivity contribution in [2.75, 3.05) is 6.54 Å². The van der Waals surface area contributed by atoms with Crippen molar-refractivity contribution in [1.82, 2.24) is 20.3 Å². The van der Waals surface area contributed by atoms with Gasteiger partial charge in [0.2, 0.25) is 0 Å². The Bertz CT molecular complexity index is 278. The van der Waals surface area contributed by atoms with Crippen LogP contribution in [0.4, 0.5) is 8.78 Å². The first kappa shape index (κ1) is 11.0. The number of nitrogens with one attached hydrogen (secondary N) is 1. The number of aromatic nitrogens is 3. The van der Waals surface area contributed by atoms with Crippen molar-refractivity contribution in [3.8, 4) is 0 Å². The quantitative estimate of drug-likeness (QED) is 0.683. The molecule has 1 atom stereocenters. The lowest BCUT2D eigenvalue weighted by molar-refractivity contribution is -0.00347. The number of aliphatic hydroxyl groups excluding tert-OH is 1. The number of rotatable bonds is 5. The van der Waals surface area contributed by atoms with Crippen LogP contribution in [0.3, 0.4) is 0 Å². The molecule has 0 saturated carbocycles. The molecule has 0 bridgehead atoms. The molecule has 1 unspecified atom stereocenters. The lowest BCUT2D eigenvalue weighted by Gasteiger charge is -2.09. The van der Waals surface area contributed by atoms with E-state index in [1.165, 1.54) is 10.9 Å². The summed E-state index contributed by atoms with van der Waals surface area (Å²) >= 11 is 0. The fourth-order valence-corrected chi connectivity index (χ4v) is 0.908. The van der Waals surface area contributed by atoms with Gasteiger partial charge in [-0.15, -0.1) is 5.10 Å². The molecule has 0 fully saturated rings. The molecule has 5 nitrogen and oxygen atoms in total. The van der Waals surface area contributed by atoms with E-state index < -0.39 is 12.5 Å². The molecule has 0 aliphatic carbocycles. The maximum atomic E-state index is 11.9. The van der Waals surface area contributed by atoms with E-state index in [1.807, 2.05) is 0 Å². The third-order valence-electron chi connectivity index (χ3n) is 1.76. The Hall–Kier alpha value is -1.08. The van der Waals surface area contributed by atoms with Gasteiger partial charge in [-0.05, 0) is 0 Å². The average Bonchev–Trinajstić information content (AvgIpc) is 2.51. The van der Waals surface area contributed by atoms with Gasteiger partial charge in [0.15, 0.2) is 0 Å². The van der Waals surface area contributed by atoms with Crippen LogP contribution in [0, 0.1) is 0 Å². The van der Waals surface area contributed by atoms with Gasteiger partial charge < -0.3 is 10.4 Å². The monoisotopic (exact) mass is 206 g/mol. The van der Waals surface area contributed by atoms with E-state index in [2.05, 4.69) is 15.6 Å². The second-order valence-corrected chi connectivity index (χ2v) is 2.88. The Morgan fingerprint density at radius 2 is 2.36 bits per heavy atom. The molecule has 0 spiro atoms. The summed E-state index contributed by atoms with van der Waals surface area (Å²) < 4.78 is 25.2. The maximum absolute atomic E-state index is 11.9. The molecule has 2 N–H and O–H groups in total. The number of hydrogen-bond acceptors (Lipinski definition) is 4. The average molecular weight is 206 g/mol. The van der Waals surface area contributed by atoms with E-state index in [1.54, 1.807) is 7.05 Å². The van der Waals surface area contributed by atoms with Gasteiger partial charge in [-0.25, -0.2) is 8.78 Å². The molecule has 1 aromatic rings. The molecular formula is C7H12F2N4O. The van der Waals surface area contributed by atoms with Crippen LogP contribution < -0.4 is 5.32 Å². The van der Waals surface area contributed by atoms with Crippen LogP contribution in [-0.2, 0) is 13.6 Å². The molecule has 0 aliphatic rings. The SMILES string of the molecule is Cn1nncc1CNCC(O)C(F)F. The molecule has 7 heteroatoms. The first-order chi connectivity index (χ1) is 6.61.